The van der Waals surface area contributed by atoms with Gasteiger partial charge in [-0.3, -0.25) is 0 Å². The van der Waals surface area contributed by atoms with Gasteiger partial charge in [-0.2, -0.15) is 12.1 Å². The van der Waals surface area contributed by atoms with Crippen LogP contribution in [0.1, 0.15) is 5.56 Å². The summed E-state index contributed by atoms with van der Waals surface area (Å²) in [6.45, 7) is 2.03. The zero-order valence-electron chi connectivity index (χ0n) is 21.5. The van der Waals surface area contributed by atoms with Crippen molar-refractivity contribution in [1.82, 2.24) is 14.0 Å². The van der Waals surface area contributed by atoms with E-state index in [-0.39, 0.29) is 20.1 Å². The third-order valence-electron chi connectivity index (χ3n) is 7.00. The standard InChI is InChI=1S/C22H14N3.C12H10N.Ir/c1-23-12-13-24(14-23)19-10-5-11-20-21(19)17-8-4-7-16-15-6-2-3-9-18(15)25(20)22(16)17;1-10-7-8-12(13-9-10)11-5-3-2-4-6-11;/h2-9,11-13H,1H3;2-5,7-9H,1H3;/q2*-1;+3. The van der Waals surface area contributed by atoms with Crippen LogP contribution in [0.5, 0.6) is 0 Å². The second-order valence-corrected chi connectivity index (χ2v) is 9.52. The molecular formula is C34H24IrN4+. The monoisotopic (exact) mass is 681 g/mol. The van der Waals surface area contributed by atoms with Gasteiger partial charge in [0.25, 0.3) is 0 Å². The first kappa shape index (κ1) is 25.0. The Kier molecular flexibility index (Phi) is 6.48. The van der Waals surface area contributed by atoms with Gasteiger partial charge in [0.2, 0.25) is 6.33 Å². The number of para-hydroxylation sites is 2. The molecule has 0 unspecified atom stereocenters. The van der Waals surface area contributed by atoms with Crippen LogP contribution in [0.25, 0.3) is 55.0 Å². The minimum absolute atomic E-state index is 0. The summed E-state index contributed by atoms with van der Waals surface area (Å²) in [5.74, 6) is 0. The van der Waals surface area contributed by atoms with Crippen LogP contribution in [0.4, 0.5) is 0 Å². The normalized spacial score (nSPS) is 11.1. The van der Waals surface area contributed by atoms with E-state index < -0.39 is 0 Å². The summed E-state index contributed by atoms with van der Waals surface area (Å²) < 4.78 is 6.33. The molecule has 0 N–H and O–H groups in total. The Bertz CT molecular complexity index is 2040. The van der Waals surface area contributed by atoms with Crippen molar-refractivity contribution in [3.63, 3.8) is 0 Å². The number of imidazole rings is 1. The van der Waals surface area contributed by atoms with Gasteiger partial charge in [0.05, 0.1) is 12.6 Å². The molecular weight excluding hydrogens is 657 g/mol. The van der Waals surface area contributed by atoms with Crippen molar-refractivity contribution in [3.8, 4) is 16.9 Å². The minimum Gasteiger partial charge on any atom is -0.348 e. The molecule has 0 aliphatic rings. The van der Waals surface area contributed by atoms with Gasteiger partial charge < -0.3 is 18.5 Å². The molecule has 0 saturated heterocycles. The molecule has 0 aliphatic carbocycles. The summed E-state index contributed by atoms with van der Waals surface area (Å²) in [5.41, 5.74) is 8.00. The number of aryl methyl sites for hydroxylation is 2. The summed E-state index contributed by atoms with van der Waals surface area (Å²) >= 11 is 0. The van der Waals surface area contributed by atoms with E-state index in [4.69, 9.17) is 0 Å². The number of hydrogen-bond donors (Lipinski definition) is 0. The fourth-order valence-electron chi connectivity index (χ4n) is 5.30. The molecule has 0 fully saturated rings. The van der Waals surface area contributed by atoms with Gasteiger partial charge >= 0.3 is 20.1 Å². The molecule has 4 aromatic carbocycles. The van der Waals surface area contributed by atoms with Gasteiger partial charge in [0.1, 0.15) is 0 Å². The van der Waals surface area contributed by atoms with E-state index in [9.17, 15) is 0 Å². The van der Waals surface area contributed by atoms with E-state index in [2.05, 4.69) is 82.4 Å². The first-order chi connectivity index (χ1) is 18.7. The maximum atomic E-state index is 4.32. The van der Waals surface area contributed by atoms with Crippen LogP contribution in [-0.4, -0.2) is 14.0 Å². The van der Waals surface area contributed by atoms with E-state index >= 15 is 0 Å². The van der Waals surface area contributed by atoms with Crippen LogP contribution < -0.4 is 4.57 Å². The zero-order chi connectivity index (χ0) is 25.6. The number of hydrogen-bond acceptors (Lipinski definition) is 1. The van der Waals surface area contributed by atoms with Crippen LogP contribution in [-0.2, 0) is 27.2 Å². The van der Waals surface area contributed by atoms with Crippen LogP contribution in [0.3, 0.4) is 0 Å². The van der Waals surface area contributed by atoms with E-state index in [1.807, 2.05) is 78.1 Å². The summed E-state index contributed by atoms with van der Waals surface area (Å²) in [6, 6.07) is 37.9. The quantitative estimate of drug-likeness (QED) is 0.144. The Labute approximate surface area is 240 Å². The number of fused-ring (bicyclic) bond motifs is 6. The fourth-order valence-corrected chi connectivity index (χ4v) is 5.30. The van der Waals surface area contributed by atoms with Crippen molar-refractivity contribution in [3.05, 3.63) is 134 Å². The van der Waals surface area contributed by atoms with Crippen molar-refractivity contribution in [2.75, 3.05) is 0 Å². The molecule has 8 rings (SSSR count). The molecule has 0 radical (unpaired) electrons. The molecule has 0 bridgehead atoms. The fraction of sp³-hybridized carbons (Fsp3) is 0.0588. The van der Waals surface area contributed by atoms with Gasteiger partial charge in [-0.15, -0.1) is 42.0 Å². The maximum Gasteiger partial charge on any atom is 3.00 e. The van der Waals surface area contributed by atoms with Gasteiger partial charge in [-0.05, 0) is 24.2 Å². The van der Waals surface area contributed by atoms with Crippen molar-refractivity contribution in [2.24, 2.45) is 7.05 Å². The first-order valence-corrected chi connectivity index (χ1v) is 12.6. The predicted octanol–water partition coefficient (Wildman–Crippen LogP) is 6.91. The van der Waals surface area contributed by atoms with Gasteiger partial charge in [-0.25, -0.2) is 0 Å². The summed E-state index contributed by atoms with van der Waals surface area (Å²) in [7, 11) is 1.98. The smallest absolute Gasteiger partial charge is 0.348 e. The Balaban J connectivity index is 0.000000169. The summed E-state index contributed by atoms with van der Waals surface area (Å²) in [5, 5.41) is 5.09. The van der Waals surface area contributed by atoms with E-state index in [1.165, 1.54) is 43.7 Å². The summed E-state index contributed by atoms with van der Waals surface area (Å²) in [6.07, 6.45) is 9.20. The minimum atomic E-state index is 0. The van der Waals surface area contributed by atoms with Crippen molar-refractivity contribution in [2.45, 2.75) is 6.92 Å². The molecule has 0 atom stereocenters. The molecule has 0 spiro atoms. The molecule has 0 aliphatic heterocycles. The molecule has 188 valence electrons. The molecule has 39 heavy (non-hydrogen) atoms. The molecule has 4 nitrogen and oxygen atoms in total. The second kappa shape index (κ2) is 10.1. The van der Waals surface area contributed by atoms with Crippen LogP contribution in [0, 0.1) is 25.4 Å². The number of pyridine rings is 1. The topological polar surface area (TPSA) is 26.1 Å². The zero-order valence-corrected chi connectivity index (χ0v) is 23.9. The number of aromatic nitrogens is 4. The van der Waals surface area contributed by atoms with E-state index in [1.54, 1.807) is 0 Å². The first-order valence-electron chi connectivity index (χ1n) is 12.6. The molecule has 4 aromatic heterocycles. The van der Waals surface area contributed by atoms with E-state index in [0.29, 0.717) is 0 Å². The average Bonchev–Trinajstić information content (AvgIpc) is 3.65. The largest absolute Gasteiger partial charge is 3.00 e. The van der Waals surface area contributed by atoms with Gasteiger partial charge in [0, 0.05) is 34.9 Å². The number of nitrogens with zero attached hydrogens (tertiary/aromatic N) is 4. The van der Waals surface area contributed by atoms with Crippen molar-refractivity contribution < 1.29 is 24.7 Å². The summed E-state index contributed by atoms with van der Waals surface area (Å²) in [4.78, 5) is 4.32. The number of rotatable bonds is 2. The third kappa shape index (κ3) is 4.21. The van der Waals surface area contributed by atoms with Crippen LogP contribution >= 0.6 is 0 Å². The number of benzene rings is 4. The second-order valence-electron chi connectivity index (χ2n) is 9.52. The molecule has 0 saturated carbocycles. The molecule has 0 amide bonds. The third-order valence-corrected chi connectivity index (χ3v) is 7.00. The Morgan fingerprint density at radius 3 is 2.36 bits per heavy atom. The molecule has 4 heterocycles. The van der Waals surface area contributed by atoms with Crippen molar-refractivity contribution in [1.29, 1.82) is 0 Å². The Hall–Kier alpha value is -4.31. The maximum absolute atomic E-state index is 4.32. The van der Waals surface area contributed by atoms with E-state index in [0.717, 1.165) is 16.9 Å². The van der Waals surface area contributed by atoms with Crippen LogP contribution in [0.2, 0.25) is 0 Å². The Morgan fingerprint density at radius 1 is 0.769 bits per heavy atom. The predicted molar refractivity (Wildman–Crippen MR) is 153 cm³/mol. The molecule has 8 aromatic rings. The van der Waals surface area contributed by atoms with Crippen LogP contribution in [0.15, 0.2) is 110 Å². The SMILES string of the molecule is C[n+]1[c-]n(-c2[c-]ccc3c2c2cccc4c5ccccc5n3c42)cc1.Cc1ccc(-c2[c-]cccc2)nc1.[Ir+3]. The Morgan fingerprint density at radius 2 is 1.59 bits per heavy atom. The van der Waals surface area contributed by atoms with Crippen molar-refractivity contribution >= 4 is 38.1 Å². The van der Waals surface area contributed by atoms with Gasteiger partial charge in [0.15, 0.2) is 0 Å². The van der Waals surface area contributed by atoms with Gasteiger partial charge in [-0.1, -0.05) is 70.5 Å². The molecule has 5 heteroatoms. The average molecular weight is 681 g/mol.